The molecule has 3 aromatic heterocycles. The van der Waals surface area contributed by atoms with Crippen LogP contribution in [0.2, 0.25) is 0 Å². The van der Waals surface area contributed by atoms with E-state index in [1.807, 2.05) is 25.2 Å². The van der Waals surface area contributed by atoms with Gasteiger partial charge < -0.3 is 5.32 Å². The highest BCUT2D eigenvalue weighted by atomic mass is 16.2. The van der Waals surface area contributed by atoms with Crippen molar-refractivity contribution in [2.75, 3.05) is 0 Å². The van der Waals surface area contributed by atoms with Gasteiger partial charge in [0.25, 0.3) is 0 Å². The fourth-order valence-electron chi connectivity index (χ4n) is 2.10. The van der Waals surface area contributed by atoms with Crippen LogP contribution in [0.25, 0.3) is 11.4 Å². The molecule has 0 aliphatic heterocycles. The fourth-order valence-corrected chi connectivity index (χ4v) is 2.10. The number of pyridine rings is 1. The molecule has 0 aromatic carbocycles. The molecule has 1 amide bonds. The summed E-state index contributed by atoms with van der Waals surface area (Å²) in [5.41, 5.74) is 2.75. The Morgan fingerprint density at radius 2 is 2.14 bits per heavy atom. The highest BCUT2D eigenvalue weighted by Crippen LogP contribution is 2.15. The summed E-state index contributed by atoms with van der Waals surface area (Å²) < 4.78 is 3.35. The molecule has 0 saturated carbocycles. The van der Waals surface area contributed by atoms with Crippen molar-refractivity contribution in [3.8, 4) is 11.4 Å². The van der Waals surface area contributed by atoms with Gasteiger partial charge in [0.05, 0.1) is 11.4 Å². The number of aromatic nitrogens is 5. The van der Waals surface area contributed by atoms with Gasteiger partial charge in [-0.2, -0.15) is 10.2 Å². The van der Waals surface area contributed by atoms with Gasteiger partial charge in [0.2, 0.25) is 5.91 Å². The zero-order valence-corrected chi connectivity index (χ0v) is 12.2. The Balaban J connectivity index is 1.57. The molecule has 1 N–H and O–H groups in total. The Morgan fingerprint density at radius 3 is 2.77 bits per heavy atom. The van der Waals surface area contributed by atoms with Crippen LogP contribution in [0.4, 0.5) is 0 Å². The molecule has 7 nitrogen and oxygen atoms in total. The predicted molar refractivity (Wildman–Crippen MR) is 80.5 cm³/mol. The van der Waals surface area contributed by atoms with E-state index in [9.17, 15) is 4.79 Å². The summed E-state index contributed by atoms with van der Waals surface area (Å²) >= 11 is 0. The first-order valence-corrected chi connectivity index (χ1v) is 6.90. The van der Waals surface area contributed by atoms with Gasteiger partial charge in [0.15, 0.2) is 0 Å². The third kappa shape index (κ3) is 3.20. The molecule has 0 unspecified atom stereocenters. The number of amides is 1. The lowest BCUT2D eigenvalue weighted by atomic mass is 10.2. The zero-order chi connectivity index (χ0) is 15.4. The van der Waals surface area contributed by atoms with Gasteiger partial charge in [-0.25, -0.2) is 0 Å². The average molecular weight is 296 g/mol. The summed E-state index contributed by atoms with van der Waals surface area (Å²) in [5, 5.41) is 11.0. The quantitative estimate of drug-likeness (QED) is 0.762. The largest absolute Gasteiger partial charge is 0.350 e. The van der Waals surface area contributed by atoms with Gasteiger partial charge >= 0.3 is 0 Å². The summed E-state index contributed by atoms with van der Waals surface area (Å²) in [4.78, 5) is 16.2. The second-order valence-corrected chi connectivity index (χ2v) is 4.87. The zero-order valence-electron chi connectivity index (χ0n) is 12.2. The Morgan fingerprint density at radius 1 is 1.23 bits per heavy atom. The van der Waals surface area contributed by atoms with E-state index in [-0.39, 0.29) is 12.5 Å². The van der Waals surface area contributed by atoms with Crippen LogP contribution < -0.4 is 5.32 Å². The molecule has 3 heterocycles. The molecular weight excluding hydrogens is 280 g/mol. The summed E-state index contributed by atoms with van der Waals surface area (Å²) in [6.45, 7) is 0.659. The smallest absolute Gasteiger partial charge is 0.241 e. The maximum absolute atomic E-state index is 11.8. The summed E-state index contributed by atoms with van der Waals surface area (Å²) in [7, 11) is 1.88. The number of hydrogen-bond acceptors (Lipinski definition) is 4. The topological polar surface area (TPSA) is 77.6 Å². The lowest BCUT2D eigenvalue weighted by Gasteiger charge is -2.06. The summed E-state index contributed by atoms with van der Waals surface area (Å²) in [5.74, 6) is -0.0839. The van der Waals surface area contributed by atoms with Crippen LogP contribution in [0.15, 0.2) is 49.1 Å². The number of hydrogen-bond donors (Lipinski definition) is 1. The summed E-state index contributed by atoms with van der Waals surface area (Å²) in [6, 6.07) is 7.57. The van der Waals surface area contributed by atoms with E-state index < -0.39 is 0 Å². The van der Waals surface area contributed by atoms with Crippen LogP contribution >= 0.6 is 0 Å². The number of carbonyl (C=O) groups is 1. The van der Waals surface area contributed by atoms with Crippen molar-refractivity contribution in [3.05, 3.63) is 54.6 Å². The van der Waals surface area contributed by atoms with Crippen molar-refractivity contribution in [2.45, 2.75) is 13.1 Å². The van der Waals surface area contributed by atoms with E-state index in [1.54, 1.807) is 40.2 Å². The van der Waals surface area contributed by atoms with E-state index in [2.05, 4.69) is 20.5 Å². The van der Waals surface area contributed by atoms with E-state index >= 15 is 0 Å². The molecule has 0 radical (unpaired) electrons. The SMILES string of the molecule is Cn1nccc1-c1ccc(CNC(=O)Cn2cccn2)cn1. The molecule has 0 atom stereocenters. The van der Waals surface area contributed by atoms with Crippen molar-refractivity contribution < 1.29 is 4.79 Å². The van der Waals surface area contributed by atoms with Crippen molar-refractivity contribution in [1.82, 2.24) is 29.9 Å². The van der Waals surface area contributed by atoms with E-state index in [1.165, 1.54) is 0 Å². The molecule has 0 aliphatic carbocycles. The van der Waals surface area contributed by atoms with Gasteiger partial charge in [-0.1, -0.05) is 6.07 Å². The molecular formula is C15H16N6O. The number of carbonyl (C=O) groups excluding carboxylic acids is 1. The van der Waals surface area contributed by atoms with Crippen LogP contribution in [0.5, 0.6) is 0 Å². The molecule has 22 heavy (non-hydrogen) atoms. The molecule has 0 saturated heterocycles. The normalized spacial score (nSPS) is 10.6. The number of rotatable bonds is 5. The molecule has 0 aliphatic rings. The van der Waals surface area contributed by atoms with E-state index in [0.29, 0.717) is 6.54 Å². The standard InChI is InChI=1S/C15H16N6O/c1-20-14(5-7-18-20)13-4-3-12(9-16-13)10-17-15(22)11-21-8-2-6-19-21/h2-9H,10-11H2,1H3,(H,17,22). The maximum Gasteiger partial charge on any atom is 0.241 e. The van der Waals surface area contributed by atoms with Crippen LogP contribution in [-0.4, -0.2) is 30.5 Å². The van der Waals surface area contributed by atoms with Gasteiger partial charge in [-0.3, -0.25) is 19.1 Å². The second-order valence-electron chi connectivity index (χ2n) is 4.87. The Hall–Kier alpha value is -2.96. The maximum atomic E-state index is 11.8. The molecule has 112 valence electrons. The predicted octanol–water partition coefficient (Wildman–Crippen LogP) is 0.995. The fraction of sp³-hybridized carbons (Fsp3) is 0.200. The molecule has 3 aromatic rings. The first-order valence-electron chi connectivity index (χ1n) is 6.90. The third-order valence-electron chi connectivity index (χ3n) is 3.26. The Bertz CT molecular complexity index is 745. The van der Waals surface area contributed by atoms with Crippen molar-refractivity contribution in [1.29, 1.82) is 0 Å². The first kappa shape index (κ1) is 14.0. The molecule has 0 fully saturated rings. The van der Waals surface area contributed by atoms with Crippen molar-refractivity contribution in [3.63, 3.8) is 0 Å². The molecule has 0 spiro atoms. The first-order chi connectivity index (χ1) is 10.7. The molecule has 0 bridgehead atoms. The minimum Gasteiger partial charge on any atom is -0.350 e. The van der Waals surface area contributed by atoms with Crippen LogP contribution in [0.3, 0.4) is 0 Å². The van der Waals surface area contributed by atoms with Gasteiger partial charge in [-0.05, 0) is 23.8 Å². The minimum atomic E-state index is -0.0839. The van der Waals surface area contributed by atoms with E-state index in [0.717, 1.165) is 17.0 Å². The highest BCUT2D eigenvalue weighted by molar-refractivity contribution is 5.75. The Kier molecular flexibility index (Phi) is 3.95. The minimum absolute atomic E-state index is 0.0839. The highest BCUT2D eigenvalue weighted by Gasteiger charge is 2.05. The second kappa shape index (κ2) is 6.21. The summed E-state index contributed by atoms with van der Waals surface area (Å²) in [6.07, 6.45) is 6.90. The number of nitrogens with one attached hydrogen (secondary N) is 1. The van der Waals surface area contributed by atoms with Gasteiger partial charge in [0.1, 0.15) is 6.54 Å². The lowest BCUT2D eigenvalue weighted by Crippen LogP contribution is -2.27. The monoisotopic (exact) mass is 296 g/mol. The van der Waals surface area contributed by atoms with Crippen LogP contribution in [-0.2, 0) is 24.9 Å². The average Bonchev–Trinajstić information content (AvgIpc) is 3.17. The van der Waals surface area contributed by atoms with Gasteiger partial charge in [0, 0.05) is 38.4 Å². The molecule has 7 heteroatoms. The Labute approximate surface area is 127 Å². The third-order valence-corrected chi connectivity index (χ3v) is 3.26. The molecule has 3 rings (SSSR count). The van der Waals surface area contributed by atoms with Crippen LogP contribution in [0, 0.1) is 0 Å². The van der Waals surface area contributed by atoms with Gasteiger partial charge in [-0.15, -0.1) is 0 Å². The number of aryl methyl sites for hydroxylation is 1. The van der Waals surface area contributed by atoms with Crippen molar-refractivity contribution >= 4 is 5.91 Å². The number of nitrogens with zero attached hydrogens (tertiary/aromatic N) is 5. The van der Waals surface area contributed by atoms with E-state index in [4.69, 9.17) is 0 Å². The lowest BCUT2D eigenvalue weighted by molar-refractivity contribution is -0.122. The van der Waals surface area contributed by atoms with Crippen LogP contribution in [0.1, 0.15) is 5.56 Å². The van der Waals surface area contributed by atoms with Crippen molar-refractivity contribution in [2.24, 2.45) is 7.05 Å².